The van der Waals surface area contributed by atoms with Crippen LogP contribution in [0.5, 0.6) is 5.75 Å². The number of thiophene rings is 1. The van der Waals surface area contributed by atoms with Gasteiger partial charge in [0.15, 0.2) is 5.78 Å². The van der Waals surface area contributed by atoms with Crippen LogP contribution in [-0.4, -0.2) is 24.8 Å². The quantitative estimate of drug-likeness (QED) is 0.354. The highest BCUT2D eigenvalue weighted by molar-refractivity contribution is 7.12. The average molecular weight is 452 g/mol. The average Bonchev–Trinajstić information content (AvgIpc) is 3.14. The molecule has 2 aromatic carbocycles. The summed E-state index contributed by atoms with van der Waals surface area (Å²) >= 11 is 1.55. The molecule has 0 radical (unpaired) electrons. The minimum absolute atomic E-state index is 0.0253. The first-order valence-electron chi connectivity index (χ1n) is 10.2. The van der Waals surface area contributed by atoms with Crippen LogP contribution in [0.25, 0.3) is 0 Å². The number of anilines is 1. The monoisotopic (exact) mass is 451 g/mol. The number of Topliss-reactive ketones (excluding diaryl/α,β-unsaturated/α-hetero) is 1. The second-order valence-electron chi connectivity index (χ2n) is 7.25. The molecule has 1 atom stereocenters. The molecule has 1 amide bonds. The van der Waals surface area contributed by atoms with E-state index in [0.29, 0.717) is 22.6 Å². The van der Waals surface area contributed by atoms with Crippen LogP contribution in [-0.2, 0) is 14.3 Å². The van der Waals surface area contributed by atoms with Crippen molar-refractivity contribution in [3.8, 4) is 5.75 Å². The highest BCUT2D eigenvalue weighted by Crippen LogP contribution is 2.24. The highest BCUT2D eigenvalue weighted by atomic mass is 32.1. The summed E-state index contributed by atoms with van der Waals surface area (Å²) in [5.74, 6) is -0.537. The van der Waals surface area contributed by atoms with Crippen LogP contribution < -0.4 is 10.1 Å². The molecular weight excluding hydrogens is 426 g/mol. The topological polar surface area (TPSA) is 81.7 Å². The van der Waals surface area contributed by atoms with Crippen LogP contribution in [0.4, 0.5) is 5.69 Å². The third-order valence-electron chi connectivity index (χ3n) is 4.84. The summed E-state index contributed by atoms with van der Waals surface area (Å²) in [4.78, 5) is 39.9. The molecule has 0 bridgehead atoms. The summed E-state index contributed by atoms with van der Waals surface area (Å²) in [6.07, 6.45) is -1.21. The fraction of sp³-hybridized carbons (Fsp3) is 0.240. The Labute approximate surface area is 191 Å². The molecule has 1 N–H and O–H groups in total. The predicted molar refractivity (Wildman–Crippen MR) is 124 cm³/mol. The van der Waals surface area contributed by atoms with Gasteiger partial charge in [-0.3, -0.25) is 14.4 Å². The molecule has 0 aliphatic heterocycles. The van der Waals surface area contributed by atoms with Crippen molar-refractivity contribution in [2.45, 2.75) is 32.8 Å². The lowest BCUT2D eigenvalue weighted by Gasteiger charge is -2.18. The molecule has 1 heterocycles. The zero-order valence-electron chi connectivity index (χ0n) is 18.2. The van der Waals surface area contributed by atoms with E-state index in [1.54, 1.807) is 67.0 Å². The smallest absolute Gasteiger partial charge is 0.307 e. The normalized spacial score (nSPS) is 11.5. The van der Waals surface area contributed by atoms with Gasteiger partial charge >= 0.3 is 5.97 Å². The molecule has 0 fully saturated rings. The van der Waals surface area contributed by atoms with Gasteiger partial charge in [0, 0.05) is 33.0 Å². The molecule has 0 aliphatic carbocycles. The second-order valence-corrected chi connectivity index (χ2v) is 8.71. The minimum Gasteiger partial charge on any atom is -0.497 e. The number of ketones is 1. The van der Waals surface area contributed by atoms with E-state index < -0.39 is 18.0 Å². The number of amides is 1. The van der Waals surface area contributed by atoms with E-state index >= 15 is 0 Å². The summed E-state index contributed by atoms with van der Waals surface area (Å²) in [7, 11) is 1.56. The van der Waals surface area contributed by atoms with Gasteiger partial charge in [0.25, 0.3) is 5.91 Å². The van der Waals surface area contributed by atoms with Gasteiger partial charge in [-0.1, -0.05) is 30.3 Å². The van der Waals surface area contributed by atoms with Crippen LogP contribution in [0, 0.1) is 13.8 Å². The van der Waals surface area contributed by atoms with E-state index in [4.69, 9.17) is 9.47 Å². The third-order valence-corrected chi connectivity index (χ3v) is 5.81. The molecular formula is C25H25NO5S. The number of nitrogens with one attached hydrogen (secondary N) is 1. The lowest BCUT2D eigenvalue weighted by atomic mass is 10.1. The van der Waals surface area contributed by atoms with Gasteiger partial charge in [-0.05, 0) is 44.2 Å². The molecule has 32 heavy (non-hydrogen) atoms. The lowest BCUT2D eigenvalue weighted by Crippen LogP contribution is -2.26. The molecule has 3 aromatic rings. The number of methoxy groups -OCH3 is 1. The number of rotatable bonds is 9. The molecule has 0 saturated carbocycles. The molecule has 0 spiro atoms. The third kappa shape index (κ3) is 6.04. The fourth-order valence-corrected chi connectivity index (χ4v) is 4.17. The van der Waals surface area contributed by atoms with Crippen molar-refractivity contribution in [1.82, 2.24) is 0 Å². The van der Waals surface area contributed by atoms with Gasteiger partial charge in [0.2, 0.25) is 6.10 Å². The lowest BCUT2D eigenvalue weighted by molar-refractivity contribution is -0.154. The number of benzene rings is 2. The van der Waals surface area contributed by atoms with Crippen LogP contribution in [0.15, 0.2) is 60.7 Å². The van der Waals surface area contributed by atoms with Gasteiger partial charge < -0.3 is 14.8 Å². The van der Waals surface area contributed by atoms with Crippen molar-refractivity contribution in [3.63, 3.8) is 0 Å². The van der Waals surface area contributed by atoms with Crippen LogP contribution in [0.3, 0.4) is 0 Å². The molecule has 0 saturated heterocycles. The minimum atomic E-state index is -1.13. The van der Waals surface area contributed by atoms with Crippen molar-refractivity contribution < 1.29 is 23.9 Å². The first-order chi connectivity index (χ1) is 15.4. The van der Waals surface area contributed by atoms with E-state index in [1.165, 1.54) is 0 Å². The zero-order chi connectivity index (χ0) is 23.1. The molecule has 3 rings (SSSR count). The molecule has 166 valence electrons. The van der Waals surface area contributed by atoms with Crippen LogP contribution in [0.2, 0.25) is 0 Å². The Hall–Kier alpha value is -3.45. The Balaban J connectivity index is 1.67. The summed E-state index contributed by atoms with van der Waals surface area (Å²) in [5.41, 5.74) is 1.73. The number of carbonyl (C=O) groups excluding carboxylic acids is 3. The van der Waals surface area contributed by atoms with Crippen LogP contribution in [0.1, 0.15) is 44.6 Å². The van der Waals surface area contributed by atoms with E-state index in [1.807, 2.05) is 26.0 Å². The van der Waals surface area contributed by atoms with Crippen molar-refractivity contribution in [1.29, 1.82) is 0 Å². The molecule has 7 heteroatoms. The van der Waals surface area contributed by atoms with Crippen molar-refractivity contribution in [2.24, 2.45) is 0 Å². The Bertz CT molecular complexity index is 1090. The number of aryl methyl sites for hydroxylation is 2. The van der Waals surface area contributed by atoms with Crippen molar-refractivity contribution in [3.05, 3.63) is 81.5 Å². The van der Waals surface area contributed by atoms with Crippen molar-refractivity contribution in [2.75, 3.05) is 12.4 Å². The predicted octanol–water partition coefficient (Wildman–Crippen LogP) is 5.26. The maximum absolute atomic E-state index is 12.9. The summed E-state index contributed by atoms with van der Waals surface area (Å²) in [5, 5.41) is 2.76. The Kier molecular flexibility index (Phi) is 7.78. The number of hydrogen-bond donors (Lipinski definition) is 1. The maximum atomic E-state index is 12.9. The molecule has 0 aliphatic rings. The van der Waals surface area contributed by atoms with Gasteiger partial charge in [-0.15, -0.1) is 11.3 Å². The number of hydrogen-bond acceptors (Lipinski definition) is 6. The maximum Gasteiger partial charge on any atom is 0.307 e. The fourth-order valence-electron chi connectivity index (χ4n) is 3.23. The Morgan fingerprint density at radius 2 is 1.66 bits per heavy atom. The van der Waals surface area contributed by atoms with Gasteiger partial charge in [-0.25, -0.2) is 0 Å². The SMILES string of the molecule is COc1ccc(NC(=O)C(OC(=O)CCC(=O)c2cc(C)sc2C)c2ccccc2)cc1. The zero-order valence-corrected chi connectivity index (χ0v) is 19.0. The van der Waals surface area contributed by atoms with E-state index in [0.717, 1.165) is 9.75 Å². The molecule has 1 aromatic heterocycles. The highest BCUT2D eigenvalue weighted by Gasteiger charge is 2.25. The van der Waals surface area contributed by atoms with Gasteiger partial charge in [0.1, 0.15) is 5.75 Å². The first-order valence-corrected chi connectivity index (χ1v) is 11.0. The van der Waals surface area contributed by atoms with Crippen molar-refractivity contribution >= 4 is 34.7 Å². The van der Waals surface area contributed by atoms with E-state index in [-0.39, 0.29) is 18.6 Å². The summed E-state index contributed by atoms with van der Waals surface area (Å²) < 4.78 is 10.6. The van der Waals surface area contributed by atoms with Crippen LogP contribution >= 0.6 is 11.3 Å². The van der Waals surface area contributed by atoms with E-state index in [2.05, 4.69) is 5.32 Å². The Morgan fingerprint density at radius 1 is 0.969 bits per heavy atom. The molecule has 1 unspecified atom stereocenters. The van der Waals surface area contributed by atoms with E-state index in [9.17, 15) is 14.4 Å². The van der Waals surface area contributed by atoms with Gasteiger partial charge in [0.05, 0.1) is 13.5 Å². The Morgan fingerprint density at radius 3 is 2.25 bits per heavy atom. The van der Waals surface area contributed by atoms with Gasteiger partial charge in [-0.2, -0.15) is 0 Å². The number of carbonyl (C=O) groups is 3. The summed E-state index contributed by atoms with van der Waals surface area (Å²) in [6, 6.07) is 17.5. The first kappa shape index (κ1) is 23.2. The molecule has 6 nitrogen and oxygen atoms in total. The summed E-state index contributed by atoms with van der Waals surface area (Å²) in [6.45, 7) is 3.83. The largest absolute Gasteiger partial charge is 0.497 e. The number of ether oxygens (including phenoxy) is 2. The standard InChI is InChI=1S/C25H25NO5S/c1-16-15-21(17(2)32-16)22(27)13-14-23(28)31-24(18-7-5-4-6-8-18)25(29)26-19-9-11-20(30-3)12-10-19/h4-12,15,24H,13-14H2,1-3H3,(H,26,29). The second kappa shape index (κ2) is 10.7. The number of esters is 1.